The Kier molecular flexibility index (Phi) is 4.96. The molecule has 0 fully saturated rings. The van der Waals surface area contributed by atoms with E-state index in [1.54, 1.807) is 5.38 Å². The molecule has 1 heterocycles. The molecule has 0 amide bonds. The number of carboxylic acid groups (broad SMARTS) is 1. The molecule has 112 valence electrons. The summed E-state index contributed by atoms with van der Waals surface area (Å²) in [5.41, 5.74) is 4.13. The smallest absolute Gasteiger partial charge is 0.309 e. The van der Waals surface area contributed by atoms with Crippen LogP contribution >= 0.6 is 11.3 Å². The van der Waals surface area contributed by atoms with Gasteiger partial charge >= 0.3 is 5.97 Å². The van der Waals surface area contributed by atoms with Crippen LogP contribution in [0.1, 0.15) is 27.4 Å². The van der Waals surface area contributed by atoms with Gasteiger partial charge in [0.05, 0.1) is 23.7 Å². The molecule has 21 heavy (non-hydrogen) atoms. The lowest BCUT2D eigenvalue weighted by atomic mass is 10.1. The second-order valence-electron chi connectivity index (χ2n) is 5.06. The largest absolute Gasteiger partial charge is 0.493 e. The fourth-order valence-corrected chi connectivity index (χ4v) is 2.87. The van der Waals surface area contributed by atoms with Gasteiger partial charge in [0.25, 0.3) is 0 Å². The highest BCUT2D eigenvalue weighted by Crippen LogP contribution is 2.26. The Balaban J connectivity index is 1.94. The summed E-state index contributed by atoms with van der Waals surface area (Å²) >= 11 is 1.48. The molecule has 2 rings (SSSR count). The zero-order valence-corrected chi connectivity index (χ0v) is 13.3. The number of benzene rings is 1. The first-order valence-electron chi connectivity index (χ1n) is 6.82. The van der Waals surface area contributed by atoms with Crippen LogP contribution in [0.3, 0.4) is 0 Å². The average Bonchev–Trinajstić information content (AvgIpc) is 2.85. The third-order valence-corrected chi connectivity index (χ3v) is 4.32. The van der Waals surface area contributed by atoms with Gasteiger partial charge in [-0.05, 0) is 37.5 Å². The highest BCUT2D eigenvalue weighted by Gasteiger charge is 2.09. The molecular weight excluding hydrogens is 286 g/mol. The molecule has 4 nitrogen and oxygen atoms in total. The summed E-state index contributed by atoms with van der Waals surface area (Å²) in [6.07, 6.45) is 0.671. The summed E-state index contributed by atoms with van der Waals surface area (Å²) in [4.78, 5) is 14.9. The van der Waals surface area contributed by atoms with Gasteiger partial charge in [0.1, 0.15) is 5.75 Å². The minimum atomic E-state index is -0.853. The van der Waals surface area contributed by atoms with Crippen LogP contribution < -0.4 is 4.74 Å². The minimum absolute atomic E-state index is 0.0204. The second kappa shape index (κ2) is 6.72. The topological polar surface area (TPSA) is 59.4 Å². The lowest BCUT2D eigenvalue weighted by Crippen LogP contribution is -2.05. The molecule has 2 aromatic rings. The predicted octanol–water partition coefficient (Wildman–Crippen LogP) is 3.32. The maximum atomic E-state index is 10.6. The Morgan fingerprint density at radius 3 is 2.71 bits per heavy atom. The van der Waals surface area contributed by atoms with Crippen molar-refractivity contribution in [3.05, 3.63) is 44.9 Å². The molecular formula is C16H19NO3S. The van der Waals surface area contributed by atoms with Crippen LogP contribution in [0, 0.1) is 20.8 Å². The predicted molar refractivity (Wildman–Crippen MR) is 83.3 cm³/mol. The zero-order chi connectivity index (χ0) is 15.4. The molecule has 5 heteroatoms. The van der Waals surface area contributed by atoms with Gasteiger partial charge in [-0.25, -0.2) is 4.98 Å². The third kappa shape index (κ3) is 4.04. The average molecular weight is 305 g/mol. The van der Waals surface area contributed by atoms with E-state index >= 15 is 0 Å². The standard InChI is InChI=1S/C16H19NO3S/c1-10-4-5-11(2)16(12(10)3)20-7-6-14-17-13(9-21-14)8-15(18)19/h4-5,9H,6-8H2,1-3H3,(H,18,19). The van der Waals surface area contributed by atoms with Crippen LogP contribution in [-0.4, -0.2) is 22.7 Å². The SMILES string of the molecule is Cc1ccc(C)c(OCCc2nc(CC(=O)O)cs2)c1C. The number of aromatic nitrogens is 1. The van der Waals surface area contributed by atoms with Crippen molar-refractivity contribution in [1.82, 2.24) is 4.98 Å². The Labute approximate surface area is 128 Å². The second-order valence-corrected chi connectivity index (χ2v) is 6.00. The Morgan fingerprint density at radius 1 is 1.29 bits per heavy atom. The van der Waals surface area contributed by atoms with Gasteiger partial charge in [0.2, 0.25) is 0 Å². The fraction of sp³-hybridized carbons (Fsp3) is 0.375. The van der Waals surface area contributed by atoms with Crippen LogP contribution in [0.2, 0.25) is 0 Å². The van der Waals surface area contributed by atoms with Crippen LogP contribution in [0.4, 0.5) is 0 Å². The number of ether oxygens (including phenoxy) is 1. The number of rotatable bonds is 6. The van der Waals surface area contributed by atoms with Crippen molar-refractivity contribution in [3.63, 3.8) is 0 Å². The lowest BCUT2D eigenvalue weighted by Gasteiger charge is -2.13. The molecule has 0 radical (unpaired) electrons. The maximum absolute atomic E-state index is 10.6. The van der Waals surface area contributed by atoms with E-state index in [1.807, 2.05) is 6.92 Å². The van der Waals surface area contributed by atoms with E-state index in [4.69, 9.17) is 9.84 Å². The Bertz CT molecular complexity index is 649. The number of hydrogen-bond donors (Lipinski definition) is 1. The number of carboxylic acids is 1. The molecule has 0 bridgehead atoms. The summed E-state index contributed by atoms with van der Waals surface area (Å²) in [6.45, 7) is 6.72. The summed E-state index contributed by atoms with van der Waals surface area (Å²) in [5, 5.41) is 11.4. The number of hydrogen-bond acceptors (Lipinski definition) is 4. The van der Waals surface area contributed by atoms with E-state index in [9.17, 15) is 4.79 Å². The molecule has 0 saturated carbocycles. The summed E-state index contributed by atoms with van der Waals surface area (Å²) < 4.78 is 5.89. The van der Waals surface area contributed by atoms with E-state index in [-0.39, 0.29) is 6.42 Å². The van der Waals surface area contributed by atoms with Crippen molar-refractivity contribution >= 4 is 17.3 Å². The Morgan fingerprint density at radius 2 is 2.00 bits per heavy atom. The third-order valence-electron chi connectivity index (χ3n) is 3.37. The molecule has 1 aromatic heterocycles. The first-order valence-corrected chi connectivity index (χ1v) is 7.70. The Hall–Kier alpha value is -1.88. The van der Waals surface area contributed by atoms with Crippen LogP contribution in [0.5, 0.6) is 5.75 Å². The molecule has 1 N–H and O–H groups in total. The van der Waals surface area contributed by atoms with E-state index in [0.717, 1.165) is 16.3 Å². The van der Waals surface area contributed by atoms with Crippen molar-refractivity contribution < 1.29 is 14.6 Å². The normalized spacial score (nSPS) is 10.6. The van der Waals surface area contributed by atoms with Crippen molar-refractivity contribution in [2.24, 2.45) is 0 Å². The molecule has 0 spiro atoms. The first kappa shape index (κ1) is 15.5. The number of thiazole rings is 1. The van der Waals surface area contributed by atoms with Gasteiger partial charge in [-0.3, -0.25) is 4.79 Å². The number of carbonyl (C=O) groups is 1. The molecule has 0 aliphatic carbocycles. The first-order chi connectivity index (χ1) is 9.97. The summed E-state index contributed by atoms with van der Waals surface area (Å²) in [7, 11) is 0. The molecule has 0 unspecified atom stereocenters. The number of aryl methyl sites for hydroxylation is 2. The van der Waals surface area contributed by atoms with E-state index in [2.05, 4.69) is 31.0 Å². The van der Waals surface area contributed by atoms with Crippen molar-refractivity contribution in [2.45, 2.75) is 33.6 Å². The molecule has 0 saturated heterocycles. The number of nitrogens with zero attached hydrogens (tertiary/aromatic N) is 1. The van der Waals surface area contributed by atoms with Gasteiger partial charge in [-0.1, -0.05) is 12.1 Å². The molecule has 1 aromatic carbocycles. The van der Waals surface area contributed by atoms with Crippen molar-refractivity contribution in [2.75, 3.05) is 6.61 Å². The van der Waals surface area contributed by atoms with Crippen LogP contribution in [0.25, 0.3) is 0 Å². The maximum Gasteiger partial charge on any atom is 0.309 e. The molecule has 0 aliphatic rings. The van der Waals surface area contributed by atoms with Crippen molar-refractivity contribution in [1.29, 1.82) is 0 Å². The highest BCUT2D eigenvalue weighted by molar-refractivity contribution is 7.09. The highest BCUT2D eigenvalue weighted by atomic mass is 32.1. The zero-order valence-electron chi connectivity index (χ0n) is 12.5. The van der Waals surface area contributed by atoms with Gasteiger partial charge in [-0.15, -0.1) is 11.3 Å². The van der Waals surface area contributed by atoms with Gasteiger partial charge in [-0.2, -0.15) is 0 Å². The lowest BCUT2D eigenvalue weighted by molar-refractivity contribution is -0.136. The minimum Gasteiger partial charge on any atom is -0.493 e. The van der Waals surface area contributed by atoms with Crippen LogP contribution in [-0.2, 0) is 17.6 Å². The van der Waals surface area contributed by atoms with Crippen molar-refractivity contribution in [3.8, 4) is 5.75 Å². The van der Waals surface area contributed by atoms with Gasteiger partial charge < -0.3 is 9.84 Å². The summed E-state index contributed by atoms with van der Waals surface area (Å²) in [5.74, 6) is 0.0893. The van der Waals surface area contributed by atoms with Crippen LogP contribution in [0.15, 0.2) is 17.5 Å². The van der Waals surface area contributed by atoms with E-state index < -0.39 is 5.97 Å². The molecule has 0 atom stereocenters. The quantitative estimate of drug-likeness (QED) is 0.889. The van der Waals surface area contributed by atoms with Gasteiger partial charge in [0, 0.05) is 11.8 Å². The number of aliphatic carboxylic acids is 1. The van der Waals surface area contributed by atoms with E-state index in [0.29, 0.717) is 18.7 Å². The van der Waals surface area contributed by atoms with Gasteiger partial charge in [0.15, 0.2) is 0 Å². The fourth-order valence-electron chi connectivity index (χ4n) is 2.09. The van der Waals surface area contributed by atoms with E-state index in [1.165, 1.54) is 22.5 Å². The monoisotopic (exact) mass is 305 g/mol. The molecule has 0 aliphatic heterocycles. The summed E-state index contributed by atoms with van der Waals surface area (Å²) in [6, 6.07) is 4.16.